The van der Waals surface area contributed by atoms with Crippen LogP contribution in [-0.4, -0.2) is 22.6 Å². The summed E-state index contributed by atoms with van der Waals surface area (Å²) in [4.78, 5) is 11.7. The Labute approximate surface area is 125 Å². The molecule has 2 aromatic rings. The van der Waals surface area contributed by atoms with Crippen LogP contribution in [0.2, 0.25) is 0 Å². The first-order chi connectivity index (χ1) is 9.67. The third-order valence-electron chi connectivity index (χ3n) is 3.32. The van der Waals surface area contributed by atoms with E-state index in [9.17, 15) is 0 Å². The second kappa shape index (κ2) is 6.88. The van der Waals surface area contributed by atoms with Crippen LogP contribution in [-0.2, 0) is 6.42 Å². The molecule has 0 aliphatic carbocycles. The molecule has 110 valence electrons. The normalized spacial score (nSPS) is 12.6. The number of nitrogens with one attached hydrogen (secondary N) is 2. The van der Waals surface area contributed by atoms with Crippen molar-refractivity contribution in [3.63, 3.8) is 0 Å². The van der Waals surface area contributed by atoms with E-state index >= 15 is 0 Å². The van der Waals surface area contributed by atoms with E-state index in [1.54, 1.807) is 11.3 Å². The summed E-state index contributed by atoms with van der Waals surface area (Å²) in [6.45, 7) is 9.58. The molecule has 0 aromatic carbocycles. The van der Waals surface area contributed by atoms with Crippen LogP contribution in [0, 0.1) is 0 Å². The molecule has 2 heterocycles. The number of nitrogens with zero attached hydrogens (tertiary/aromatic N) is 2. The van der Waals surface area contributed by atoms with Gasteiger partial charge in [0, 0.05) is 17.5 Å². The minimum Gasteiger partial charge on any atom is -0.367 e. The Balaban J connectivity index is 2.40. The summed E-state index contributed by atoms with van der Waals surface area (Å²) in [6.07, 6.45) is 3.19. The first-order valence-electron chi connectivity index (χ1n) is 7.48. The second-order valence-electron chi connectivity index (χ2n) is 5.06. The molecule has 1 atom stereocenters. The molecule has 0 fully saturated rings. The Morgan fingerprint density at radius 3 is 2.70 bits per heavy atom. The van der Waals surface area contributed by atoms with Crippen LogP contribution in [0.15, 0.2) is 6.07 Å². The first kappa shape index (κ1) is 15.0. The molecule has 0 radical (unpaired) electrons. The lowest BCUT2D eigenvalue weighted by molar-refractivity contribution is 0.760. The zero-order valence-electron chi connectivity index (χ0n) is 12.8. The summed E-state index contributed by atoms with van der Waals surface area (Å²) in [6, 6.07) is 2.63. The van der Waals surface area contributed by atoms with E-state index in [0.717, 1.165) is 47.8 Å². The predicted octanol–water partition coefficient (Wildman–Crippen LogP) is 4.29. The number of hydrogen-bond acceptors (Lipinski definition) is 5. The van der Waals surface area contributed by atoms with Gasteiger partial charge in [-0.1, -0.05) is 20.8 Å². The van der Waals surface area contributed by atoms with E-state index in [-0.39, 0.29) is 0 Å². The van der Waals surface area contributed by atoms with Crippen molar-refractivity contribution in [3.8, 4) is 0 Å². The average Bonchev–Trinajstić information content (AvgIpc) is 2.88. The van der Waals surface area contributed by atoms with Crippen molar-refractivity contribution in [1.82, 2.24) is 9.97 Å². The van der Waals surface area contributed by atoms with E-state index < -0.39 is 0 Å². The van der Waals surface area contributed by atoms with Gasteiger partial charge in [0.15, 0.2) is 0 Å². The maximum absolute atomic E-state index is 4.65. The highest BCUT2D eigenvalue weighted by molar-refractivity contribution is 7.18. The van der Waals surface area contributed by atoms with Gasteiger partial charge in [-0.05, 0) is 32.3 Å². The summed E-state index contributed by atoms with van der Waals surface area (Å²) in [7, 11) is 0. The van der Waals surface area contributed by atoms with Crippen LogP contribution >= 0.6 is 11.3 Å². The van der Waals surface area contributed by atoms with Crippen LogP contribution in [0.3, 0.4) is 0 Å². The lowest BCUT2D eigenvalue weighted by atomic mass is 10.2. The van der Waals surface area contributed by atoms with Gasteiger partial charge < -0.3 is 10.6 Å². The third kappa shape index (κ3) is 3.39. The Hall–Kier alpha value is -1.36. The Bertz CT molecular complexity index is 564. The van der Waals surface area contributed by atoms with E-state index in [2.05, 4.69) is 54.4 Å². The summed E-state index contributed by atoms with van der Waals surface area (Å²) in [5.74, 6) is 1.69. The number of hydrogen-bond donors (Lipinski definition) is 2. The summed E-state index contributed by atoms with van der Waals surface area (Å²) in [5, 5.41) is 7.94. The van der Waals surface area contributed by atoms with Crippen LogP contribution in [0.5, 0.6) is 0 Å². The molecule has 20 heavy (non-hydrogen) atoms. The highest BCUT2D eigenvalue weighted by Gasteiger charge is 2.12. The monoisotopic (exact) mass is 292 g/mol. The molecule has 0 spiro atoms. The summed E-state index contributed by atoms with van der Waals surface area (Å²) in [5.41, 5.74) is 0. The van der Waals surface area contributed by atoms with Gasteiger partial charge in [-0.3, -0.25) is 0 Å². The van der Waals surface area contributed by atoms with Crippen LogP contribution in [0.1, 0.15) is 45.4 Å². The smallest absolute Gasteiger partial charge is 0.226 e. The maximum Gasteiger partial charge on any atom is 0.226 e. The molecule has 0 bridgehead atoms. The van der Waals surface area contributed by atoms with Crippen molar-refractivity contribution in [1.29, 1.82) is 0 Å². The van der Waals surface area contributed by atoms with Gasteiger partial charge in [-0.15, -0.1) is 11.3 Å². The lowest BCUT2D eigenvalue weighted by Gasteiger charge is -2.14. The predicted molar refractivity (Wildman–Crippen MR) is 88.9 cm³/mol. The zero-order chi connectivity index (χ0) is 14.5. The molecule has 2 rings (SSSR count). The van der Waals surface area contributed by atoms with Crippen molar-refractivity contribution < 1.29 is 0 Å². The minimum atomic E-state index is 0.414. The Kier molecular flexibility index (Phi) is 5.17. The number of aromatic nitrogens is 2. The summed E-state index contributed by atoms with van der Waals surface area (Å²) >= 11 is 1.76. The molecule has 0 aliphatic heterocycles. The Morgan fingerprint density at radius 1 is 1.25 bits per heavy atom. The minimum absolute atomic E-state index is 0.414. The topological polar surface area (TPSA) is 49.8 Å². The first-order valence-corrected chi connectivity index (χ1v) is 8.30. The quantitative estimate of drug-likeness (QED) is 0.799. The van der Waals surface area contributed by atoms with Gasteiger partial charge in [-0.2, -0.15) is 4.98 Å². The average molecular weight is 292 g/mol. The lowest BCUT2D eigenvalue weighted by Crippen LogP contribution is -2.15. The largest absolute Gasteiger partial charge is 0.367 e. The van der Waals surface area contributed by atoms with Crippen LogP contribution in [0.4, 0.5) is 11.8 Å². The molecule has 0 aliphatic rings. The van der Waals surface area contributed by atoms with Crippen molar-refractivity contribution in [2.75, 3.05) is 17.2 Å². The Morgan fingerprint density at radius 2 is 2.05 bits per heavy atom. The fourth-order valence-corrected chi connectivity index (χ4v) is 2.87. The van der Waals surface area contributed by atoms with Crippen molar-refractivity contribution >= 4 is 33.3 Å². The molecule has 2 N–H and O–H groups in total. The fraction of sp³-hybridized carbons (Fsp3) is 0.600. The number of rotatable bonds is 7. The van der Waals surface area contributed by atoms with Crippen LogP contribution < -0.4 is 10.6 Å². The molecule has 0 saturated carbocycles. The van der Waals surface area contributed by atoms with Gasteiger partial charge in [-0.25, -0.2) is 4.98 Å². The number of thiophene rings is 1. The van der Waals surface area contributed by atoms with Crippen LogP contribution in [0.25, 0.3) is 10.2 Å². The van der Waals surface area contributed by atoms with Gasteiger partial charge in [0.1, 0.15) is 10.6 Å². The molecular weight excluding hydrogens is 268 g/mol. The molecular formula is C15H24N4S. The molecule has 1 unspecified atom stereocenters. The number of anilines is 2. The van der Waals surface area contributed by atoms with Gasteiger partial charge in [0.25, 0.3) is 0 Å². The van der Waals surface area contributed by atoms with E-state index in [4.69, 9.17) is 0 Å². The van der Waals surface area contributed by atoms with E-state index in [1.807, 2.05) is 0 Å². The van der Waals surface area contributed by atoms with E-state index in [1.165, 1.54) is 4.88 Å². The van der Waals surface area contributed by atoms with Gasteiger partial charge in [0.05, 0.1) is 5.39 Å². The number of aryl methyl sites for hydroxylation is 1. The van der Waals surface area contributed by atoms with E-state index in [0.29, 0.717) is 6.04 Å². The van der Waals surface area contributed by atoms with Gasteiger partial charge in [0.2, 0.25) is 5.95 Å². The van der Waals surface area contributed by atoms with Gasteiger partial charge >= 0.3 is 0 Å². The SMILES string of the molecule is CCCNc1nc(NC(C)CC)c2cc(CC)sc2n1. The highest BCUT2D eigenvalue weighted by Crippen LogP contribution is 2.30. The van der Waals surface area contributed by atoms with Crippen molar-refractivity contribution in [2.45, 2.75) is 53.0 Å². The molecule has 0 saturated heterocycles. The third-order valence-corrected chi connectivity index (χ3v) is 4.49. The number of fused-ring (bicyclic) bond motifs is 1. The fourth-order valence-electron chi connectivity index (χ4n) is 1.91. The summed E-state index contributed by atoms with van der Waals surface area (Å²) < 4.78 is 0. The highest BCUT2D eigenvalue weighted by atomic mass is 32.1. The van der Waals surface area contributed by atoms with Crippen molar-refractivity contribution in [2.24, 2.45) is 0 Å². The molecule has 2 aromatic heterocycles. The standard InChI is InChI=1S/C15H24N4S/c1-5-8-16-15-18-13(17-10(4)6-2)12-9-11(7-3)20-14(12)19-15/h9-10H,5-8H2,1-4H3,(H2,16,17,18,19). The molecule has 5 heteroatoms. The maximum atomic E-state index is 4.65. The second-order valence-corrected chi connectivity index (χ2v) is 6.18. The molecule has 4 nitrogen and oxygen atoms in total. The molecule has 0 amide bonds. The zero-order valence-corrected chi connectivity index (χ0v) is 13.6. The van der Waals surface area contributed by atoms with Crippen molar-refractivity contribution in [3.05, 3.63) is 10.9 Å².